The summed E-state index contributed by atoms with van der Waals surface area (Å²) in [4.78, 5) is 22.6. The van der Waals surface area contributed by atoms with E-state index in [1.165, 1.54) is 12.8 Å². The number of rotatable bonds is 6. The second-order valence-electron chi connectivity index (χ2n) is 4.67. The molecule has 16 heavy (non-hydrogen) atoms. The van der Waals surface area contributed by atoms with Crippen molar-refractivity contribution in [2.45, 2.75) is 31.4 Å². The van der Waals surface area contributed by atoms with Gasteiger partial charge in [0.05, 0.1) is 5.75 Å². The van der Waals surface area contributed by atoms with Gasteiger partial charge in [-0.2, -0.15) is 0 Å². The third-order valence-corrected chi connectivity index (χ3v) is 6.57. The summed E-state index contributed by atoms with van der Waals surface area (Å²) >= 11 is 0. The minimum atomic E-state index is -1.48. The van der Waals surface area contributed by atoms with E-state index in [0.717, 1.165) is 12.2 Å². The highest BCUT2D eigenvalue weighted by molar-refractivity contribution is 8.39. The third kappa shape index (κ3) is 2.29. The molecule has 1 saturated heterocycles. The van der Waals surface area contributed by atoms with Gasteiger partial charge in [-0.3, -0.25) is 4.79 Å². The van der Waals surface area contributed by atoms with Crippen LogP contribution in [0.4, 0.5) is 0 Å². The second kappa shape index (κ2) is 4.20. The Balaban J connectivity index is 1.86. The molecule has 1 saturated carbocycles. The first-order valence-corrected chi connectivity index (χ1v) is 7.70. The minimum Gasteiger partial charge on any atom is -0.330 e. The van der Waals surface area contributed by atoms with E-state index in [1.54, 1.807) is 0 Å². The maximum Gasteiger partial charge on any atom is 0.234 e. The van der Waals surface area contributed by atoms with Gasteiger partial charge in [0, 0.05) is 16.7 Å². The number of nitrogens with zero attached hydrogens (tertiary/aromatic N) is 1. The van der Waals surface area contributed by atoms with Crippen LogP contribution in [0.1, 0.15) is 26.2 Å². The van der Waals surface area contributed by atoms with Crippen LogP contribution in [-0.2, 0) is 4.79 Å². The number of hydrogen-bond acceptors (Lipinski definition) is 3. The van der Waals surface area contributed by atoms with E-state index < -0.39 is 10.2 Å². The molecule has 2 unspecified atom stereocenters. The summed E-state index contributed by atoms with van der Waals surface area (Å²) in [5.41, 5.74) is 0.717. The van der Waals surface area contributed by atoms with E-state index in [2.05, 4.69) is 16.5 Å². The number of allylic oxidation sites excluding steroid dienone is 1. The van der Waals surface area contributed by atoms with Gasteiger partial charge in [0.2, 0.25) is 5.91 Å². The summed E-state index contributed by atoms with van der Waals surface area (Å²) < 4.78 is 3.29. The predicted octanol–water partition coefficient (Wildman–Crippen LogP) is 2.30. The zero-order valence-electron chi connectivity index (χ0n) is 9.57. The van der Waals surface area contributed by atoms with Crippen molar-refractivity contribution in [2.24, 2.45) is 10.5 Å². The number of amides is 1. The summed E-state index contributed by atoms with van der Waals surface area (Å²) in [7, 11) is -1.48. The van der Waals surface area contributed by atoms with Crippen molar-refractivity contribution in [1.29, 1.82) is 0 Å². The molecular formula is C11H18N2O2S. The van der Waals surface area contributed by atoms with Gasteiger partial charge in [-0.15, -0.1) is 4.91 Å². The highest BCUT2D eigenvalue weighted by Gasteiger charge is 2.58. The van der Waals surface area contributed by atoms with Crippen LogP contribution in [0.3, 0.4) is 0 Å². The van der Waals surface area contributed by atoms with Gasteiger partial charge >= 0.3 is 0 Å². The van der Waals surface area contributed by atoms with Crippen molar-refractivity contribution >= 4 is 16.1 Å². The average molecular weight is 242 g/mol. The van der Waals surface area contributed by atoms with Crippen molar-refractivity contribution in [1.82, 2.24) is 5.32 Å². The molecule has 0 radical (unpaired) electrons. The average Bonchev–Trinajstić information content (AvgIpc) is 3.10. The number of hydrogen-bond donors (Lipinski definition) is 1. The third-order valence-electron chi connectivity index (χ3n) is 3.32. The fraction of sp³-hybridized carbons (Fsp3) is 0.727. The Kier molecular flexibility index (Phi) is 3.06. The molecular weight excluding hydrogens is 224 g/mol. The van der Waals surface area contributed by atoms with Crippen molar-refractivity contribution in [2.75, 3.05) is 11.5 Å². The van der Waals surface area contributed by atoms with E-state index in [4.69, 9.17) is 0 Å². The number of nitrogens with one attached hydrogen (secondary N) is 1. The lowest BCUT2D eigenvalue weighted by Gasteiger charge is -2.13. The van der Waals surface area contributed by atoms with Crippen LogP contribution in [0, 0.1) is 10.8 Å². The van der Waals surface area contributed by atoms with E-state index in [0.29, 0.717) is 22.6 Å². The van der Waals surface area contributed by atoms with Crippen LogP contribution in [0.15, 0.2) is 16.9 Å². The smallest absolute Gasteiger partial charge is 0.234 e. The zero-order chi connectivity index (χ0) is 11.8. The highest BCUT2D eigenvalue weighted by atomic mass is 32.3. The Morgan fingerprint density at radius 2 is 2.25 bits per heavy atom. The molecule has 0 spiro atoms. The molecule has 0 aromatic heterocycles. The SMILES string of the molecule is C=C(CC)NC(=O)CS1(N=O)CC1C1CC1. The van der Waals surface area contributed by atoms with Crippen molar-refractivity contribution in [3.63, 3.8) is 0 Å². The first-order valence-electron chi connectivity index (χ1n) is 5.71. The molecule has 2 atom stereocenters. The quantitative estimate of drug-likeness (QED) is 0.574. The normalized spacial score (nSPS) is 35.9. The maximum absolute atomic E-state index is 11.7. The molecule has 2 rings (SSSR count). The van der Waals surface area contributed by atoms with Gasteiger partial charge < -0.3 is 5.32 Å². The maximum atomic E-state index is 11.7. The Hall–Kier alpha value is -0.840. The van der Waals surface area contributed by atoms with Crippen LogP contribution in [0.5, 0.6) is 0 Å². The predicted molar refractivity (Wildman–Crippen MR) is 67.2 cm³/mol. The summed E-state index contributed by atoms with van der Waals surface area (Å²) in [6.07, 6.45) is 3.17. The fourth-order valence-corrected chi connectivity index (χ4v) is 5.34. The molecule has 90 valence electrons. The van der Waals surface area contributed by atoms with E-state index in [-0.39, 0.29) is 5.91 Å². The Labute approximate surface area is 97.3 Å². The molecule has 0 aromatic rings. The van der Waals surface area contributed by atoms with Crippen LogP contribution in [0.2, 0.25) is 0 Å². The molecule has 1 amide bonds. The fourth-order valence-electron chi connectivity index (χ4n) is 2.03. The molecule has 1 aliphatic carbocycles. The summed E-state index contributed by atoms with van der Waals surface area (Å²) in [5, 5.41) is 3.18. The summed E-state index contributed by atoms with van der Waals surface area (Å²) in [6.45, 7) is 5.66. The van der Waals surface area contributed by atoms with Crippen LogP contribution in [-0.4, -0.2) is 22.7 Å². The van der Waals surface area contributed by atoms with Gasteiger partial charge in [-0.1, -0.05) is 23.7 Å². The van der Waals surface area contributed by atoms with Gasteiger partial charge in [0.25, 0.3) is 0 Å². The van der Waals surface area contributed by atoms with Crippen molar-refractivity contribution in [3.8, 4) is 0 Å². The number of nitroso groups, excluding NO2 is 1. The van der Waals surface area contributed by atoms with Gasteiger partial charge in [0.15, 0.2) is 0 Å². The van der Waals surface area contributed by atoms with Crippen molar-refractivity contribution < 1.29 is 4.79 Å². The molecule has 2 fully saturated rings. The standard InChI is InChI=1S/C11H18N2O2S/c1-3-8(2)12-11(14)7-16(13-15)6-10(16)9-4-5-9/h9-10H,2-7H2,1H3,(H,12,14). The van der Waals surface area contributed by atoms with Crippen LogP contribution >= 0.6 is 10.2 Å². The minimum absolute atomic E-state index is 0.0791. The molecule has 0 aromatic carbocycles. The molecule has 4 nitrogen and oxygen atoms in total. The highest BCUT2D eigenvalue weighted by Crippen LogP contribution is 2.74. The molecule has 5 heteroatoms. The second-order valence-corrected chi connectivity index (χ2v) is 7.85. The first kappa shape index (κ1) is 11.6. The molecule has 0 bridgehead atoms. The molecule has 1 aliphatic heterocycles. The topological polar surface area (TPSA) is 58.5 Å². The summed E-state index contributed by atoms with van der Waals surface area (Å²) in [5.74, 6) is 1.81. The lowest BCUT2D eigenvalue weighted by molar-refractivity contribution is -0.117. The zero-order valence-corrected chi connectivity index (χ0v) is 10.4. The van der Waals surface area contributed by atoms with E-state index in [1.807, 2.05) is 6.92 Å². The Bertz CT molecular complexity index is 341. The molecule has 2 aliphatic rings. The number of carbonyl (C=O) groups excluding carboxylic acids is 1. The first-order chi connectivity index (χ1) is 7.61. The monoisotopic (exact) mass is 242 g/mol. The Morgan fingerprint density at radius 3 is 2.75 bits per heavy atom. The lowest BCUT2D eigenvalue weighted by atomic mass is 10.3. The number of carbonyl (C=O) groups is 1. The van der Waals surface area contributed by atoms with Gasteiger partial charge in [-0.05, 0) is 29.8 Å². The molecule has 1 N–H and O–H groups in total. The van der Waals surface area contributed by atoms with E-state index >= 15 is 0 Å². The van der Waals surface area contributed by atoms with E-state index in [9.17, 15) is 9.70 Å². The summed E-state index contributed by atoms with van der Waals surface area (Å²) in [6, 6.07) is 0. The molecule has 1 heterocycles. The Morgan fingerprint density at radius 1 is 1.56 bits per heavy atom. The largest absolute Gasteiger partial charge is 0.330 e. The lowest BCUT2D eigenvalue weighted by Crippen LogP contribution is -2.25. The van der Waals surface area contributed by atoms with Gasteiger partial charge in [0.1, 0.15) is 0 Å². The van der Waals surface area contributed by atoms with Crippen LogP contribution in [0.25, 0.3) is 0 Å². The van der Waals surface area contributed by atoms with Crippen molar-refractivity contribution in [3.05, 3.63) is 17.2 Å². The van der Waals surface area contributed by atoms with Gasteiger partial charge in [-0.25, -0.2) is 0 Å². The van der Waals surface area contributed by atoms with Crippen LogP contribution < -0.4 is 5.32 Å².